The van der Waals surface area contributed by atoms with Gasteiger partial charge in [-0.05, 0) is 19.1 Å². The Kier molecular flexibility index (Phi) is 5.62. The Morgan fingerprint density at radius 2 is 2.00 bits per heavy atom. The van der Waals surface area contributed by atoms with Crippen LogP contribution in [0, 0.1) is 6.92 Å². The number of hydrogen-bond acceptors (Lipinski definition) is 7. The molecule has 0 unspecified atom stereocenters. The van der Waals surface area contributed by atoms with Gasteiger partial charge in [0.2, 0.25) is 11.9 Å². The van der Waals surface area contributed by atoms with E-state index in [1.54, 1.807) is 6.07 Å². The van der Waals surface area contributed by atoms with Gasteiger partial charge in [-0.1, -0.05) is 17.7 Å². The van der Waals surface area contributed by atoms with E-state index in [9.17, 15) is 4.79 Å². The van der Waals surface area contributed by atoms with E-state index in [4.69, 9.17) is 4.74 Å². The highest BCUT2D eigenvalue weighted by Crippen LogP contribution is 2.14. The molecule has 1 N–H and O–H groups in total. The van der Waals surface area contributed by atoms with Gasteiger partial charge in [0.15, 0.2) is 5.82 Å². The highest BCUT2D eigenvalue weighted by atomic mass is 16.5. The quantitative estimate of drug-likeness (QED) is 0.856. The normalized spacial score (nSPS) is 14.2. The minimum absolute atomic E-state index is 0.145. The largest absolute Gasteiger partial charge is 0.378 e. The first-order valence-corrected chi connectivity index (χ1v) is 8.63. The number of anilines is 2. The summed E-state index contributed by atoms with van der Waals surface area (Å²) in [6, 6.07) is 7.47. The molecule has 2 aromatic rings. The van der Waals surface area contributed by atoms with Gasteiger partial charge >= 0.3 is 0 Å². The van der Waals surface area contributed by atoms with Gasteiger partial charge in [-0.2, -0.15) is 15.0 Å². The van der Waals surface area contributed by atoms with Gasteiger partial charge < -0.3 is 19.9 Å². The lowest BCUT2D eigenvalue weighted by Gasteiger charge is -2.27. The van der Waals surface area contributed by atoms with Gasteiger partial charge in [-0.15, -0.1) is 0 Å². The second-order valence-electron chi connectivity index (χ2n) is 6.40. The van der Waals surface area contributed by atoms with Crippen LogP contribution in [0.4, 0.5) is 11.9 Å². The first-order valence-electron chi connectivity index (χ1n) is 8.63. The third-order valence-electron chi connectivity index (χ3n) is 4.04. The predicted octanol–water partition coefficient (Wildman–Crippen LogP) is 1.01. The lowest BCUT2D eigenvalue weighted by molar-refractivity contribution is 0.0949. The van der Waals surface area contributed by atoms with Crippen molar-refractivity contribution in [1.82, 2.24) is 20.3 Å². The van der Waals surface area contributed by atoms with Crippen LogP contribution in [0.25, 0.3) is 0 Å². The molecular weight excluding hydrogens is 332 g/mol. The van der Waals surface area contributed by atoms with Crippen molar-refractivity contribution in [1.29, 1.82) is 0 Å². The standard InChI is InChI=1S/C18H24N6O2/c1-13-5-4-6-14(11-13)16(25)19-12-15-20-17(23(2)3)22-18(21-15)24-7-9-26-10-8-24/h4-6,11H,7-10,12H2,1-3H3,(H,19,25). The van der Waals surface area contributed by atoms with Crippen LogP contribution in [0.5, 0.6) is 0 Å². The number of aryl methyl sites for hydroxylation is 1. The van der Waals surface area contributed by atoms with Crippen molar-refractivity contribution in [3.8, 4) is 0 Å². The fourth-order valence-corrected chi connectivity index (χ4v) is 2.63. The average Bonchev–Trinajstić information content (AvgIpc) is 2.66. The van der Waals surface area contributed by atoms with Gasteiger partial charge in [0, 0.05) is 32.7 Å². The Balaban J connectivity index is 1.75. The summed E-state index contributed by atoms with van der Waals surface area (Å²) in [7, 11) is 3.76. The third-order valence-corrected chi connectivity index (χ3v) is 4.04. The van der Waals surface area contributed by atoms with E-state index < -0.39 is 0 Å². The van der Waals surface area contributed by atoms with Crippen molar-refractivity contribution in [2.45, 2.75) is 13.5 Å². The first-order chi connectivity index (χ1) is 12.5. The highest BCUT2D eigenvalue weighted by Gasteiger charge is 2.17. The van der Waals surface area contributed by atoms with Gasteiger partial charge in [0.25, 0.3) is 5.91 Å². The number of nitrogens with one attached hydrogen (secondary N) is 1. The molecule has 0 aliphatic carbocycles. The molecule has 1 aliphatic heterocycles. The van der Waals surface area contributed by atoms with E-state index in [2.05, 4.69) is 25.2 Å². The zero-order valence-corrected chi connectivity index (χ0v) is 15.4. The molecule has 0 saturated carbocycles. The van der Waals surface area contributed by atoms with Crippen molar-refractivity contribution < 1.29 is 9.53 Å². The lowest BCUT2D eigenvalue weighted by atomic mass is 10.1. The molecule has 26 heavy (non-hydrogen) atoms. The van der Waals surface area contributed by atoms with Crippen molar-refractivity contribution in [2.75, 3.05) is 50.2 Å². The summed E-state index contributed by atoms with van der Waals surface area (Å²) in [6.45, 7) is 5.00. The molecule has 8 nitrogen and oxygen atoms in total. The van der Waals surface area contributed by atoms with Crippen LogP contribution in [0.3, 0.4) is 0 Å². The maximum absolute atomic E-state index is 12.4. The second kappa shape index (κ2) is 8.09. The molecule has 1 saturated heterocycles. The third kappa shape index (κ3) is 4.45. The fourth-order valence-electron chi connectivity index (χ4n) is 2.63. The molecule has 2 heterocycles. The topological polar surface area (TPSA) is 83.5 Å². The molecule has 0 spiro atoms. The number of carbonyl (C=O) groups is 1. The number of aromatic nitrogens is 3. The predicted molar refractivity (Wildman–Crippen MR) is 99.5 cm³/mol. The van der Waals surface area contributed by atoms with Crippen LogP contribution in [0.1, 0.15) is 21.7 Å². The molecule has 1 aliphatic rings. The molecular formula is C18H24N6O2. The summed E-state index contributed by atoms with van der Waals surface area (Å²) in [5.41, 5.74) is 1.67. The monoisotopic (exact) mass is 356 g/mol. The van der Waals surface area contributed by atoms with Crippen molar-refractivity contribution in [2.24, 2.45) is 0 Å². The van der Waals surface area contributed by atoms with E-state index in [1.807, 2.05) is 44.1 Å². The molecule has 8 heteroatoms. The van der Waals surface area contributed by atoms with Gasteiger partial charge in [0.05, 0.1) is 19.8 Å². The smallest absolute Gasteiger partial charge is 0.251 e. The SMILES string of the molecule is Cc1cccc(C(=O)NCc2nc(N(C)C)nc(N3CCOCC3)n2)c1. The molecule has 1 aromatic carbocycles. The number of rotatable bonds is 5. The zero-order chi connectivity index (χ0) is 18.5. The molecule has 1 fully saturated rings. The summed E-state index contributed by atoms with van der Waals surface area (Å²) >= 11 is 0. The molecule has 1 aromatic heterocycles. The van der Waals surface area contributed by atoms with Crippen molar-refractivity contribution >= 4 is 17.8 Å². The number of morpholine rings is 1. The fraction of sp³-hybridized carbons (Fsp3) is 0.444. The Bertz CT molecular complexity index is 774. The van der Waals surface area contributed by atoms with E-state index in [-0.39, 0.29) is 12.5 Å². The Morgan fingerprint density at radius 1 is 1.23 bits per heavy atom. The van der Waals surface area contributed by atoms with Crippen LogP contribution in [0.2, 0.25) is 0 Å². The molecule has 0 atom stereocenters. The van der Waals surface area contributed by atoms with Gasteiger partial charge in [-0.25, -0.2) is 0 Å². The van der Waals surface area contributed by atoms with E-state index in [0.717, 1.165) is 18.7 Å². The lowest BCUT2D eigenvalue weighted by Crippen LogP contribution is -2.38. The molecule has 0 bridgehead atoms. The van der Waals surface area contributed by atoms with Crippen molar-refractivity contribution in [3.63, 3.8) is 0 Å². The second-order valence-corrected chi connectivity index (χ2v) is 6.40. The summed E-state index contributed by atoms with van der Waals surface area (Å²) in [6.07, 6.45) is 0. The summed E-state index contributed by atoms with van der Waals surface area (Å²) in [4.78, 5) is 29.7. The average molecular weight is 356 g/mol. The van der Waals surface area contributed by atoms with Crippen molar-refractivity contribution in [3.05, 3.63) is 41.2 Å². The molecule has 138 valence electrons. The number of benzene rings is 1. The first kappa shape index (κ1) is 18.1. The molecule has 0 radical (unpaired) electrons. The number of carbonyl (C=O) groups excluding carboxylic acids is 1. The Morgan fingerprint density at radius 3 is 2.69 bits per heavy atom. The number of ether oxygens (including phenoxy) is 1. The maximum atomic E-state index is 12.4. The van der Waals surface area contributed by atoms with Crippen LogP contribution in [0.15, 0.2) is 24.3 Å². The van der Waals surface area contributed by atoms with E-state index in [0.29, 0.717) is 36.5 Å². The minimum atomic E-state index is -0.145. The van der Waals surface area contributed by atoms with E-state index in [1.165, 1.54) is 0 Å². The highest BCUT2D eigenvalue weighted by molar-refractivity contribution is 5.94. The van der Waals surface area contributed by atoms with Crippen LogP contribution in [-0.2, 0) is 11.3 Å². The van der Waals surface area contributed by atoms with E-state index >= 15 is 0 Å². The molecule has 1 amide bonds. The zero-order valence-electron chi connectivity index (χ0n) is 15.4. The Hall–Kier alpha value is -2.74. The number of nitrogens with zero attached hydrogens (tertiary/aromatic N) is 5. The summed E-state index contributed by atoms with van der Waals surface area (Å²) in [5.74, 6) is 1.58. The minimum Gasteiger partial charge on any atom is -0.378 e. The van der Waals surface area contributed by atoms with Crippen LogP contribution in [-0.4, -0.2) is 61.3 Å². The van der Waals surface area contributed by atoms with Crippen LogP contribution < -0.4 is 15.1 Å². The van der Waals surface area contributed by atoms with Gasteiger partial charge in [-0.3, -0.25) is 4.79 Å². The number of hydrogen-bond donors (Lipinski definition) is 1. The maximum Gasteiger partial charge on any atom is 0.251 e. The van der Waals surface area contributed by atoms with Gasteiger partial charge in [0.1, 0.15) is 0 Å². The van der Waals surface area contributed by atoms with Crippen LogP contribution >= 0.6 is 0 Å². The summed E-state index contributed by atoms with van der Waals surface area (Å²) < 4.78 is 5.39. The number of amides is 1. The Labute approximate surface area is 153 Å². The summed E-state index contributed by atoms with van der Waals surface area (Å²) in [5, 5.41) is 2.89. The molecule has 3 rings (SSSR count).